The van der Waals surface area contributed by atoms with Crippen LogP contribution >= 0.6 is 0 Å². The summed E-state index contributed by atoms with van der Waals surface area (Å²) in [5, 5.41) is 10.5. The van der Waals surface area contributed by atoms with Crippen molar-refractivity contribution in [3.05, 3.63) is 65.3 Å². The highest BCUT2D eigenvalue weighted by molar-refractivity contribution is 5.32. The summed E-state index contributed by atoms with van der Waals surface area (Å²) in [5.41, 5.74) is 1.16. The van der Waals surface area contributed by atoms with Crippen LogP contribution in [0.15, 0.2) is 49.6 Å². The van der Waals surface area contributed by atoms with Crippen LogP contribution in [0, 0.1) is 10.1 Å². The lowest BCUT2D eigenvalue weighted by Crippen LogP contribution is -2.23. The van der Waals surface area contributed by atoms with E-state index in [4.69, 9.17) is 0 Å². The van der Waals surface area contributed by atoms with E-state index in [0.29, 0.717) is 0 Å². The van der Waals surface area contributed by atoms with Gasteiger partial charge in [0.2, 0.25) is 0 Å². The highest BCUT2D eigenvalue weighted by Gasteiger charge is 2.06. The Balaban J connectivity index is 2.68. The molecule has 0 bridgehead atoms. The first-order chi connectivity index (χ1) is 8.17. The number of nitro benzene ring substituents is 1. The first kappa shape index (κ1) is 13.1. The van der Waals surface area contributed by atoms with Crippen LogP contribution in [-0.4, -0.2) is 22.9 Å². The van der Waals surface area contributed by atoms with Crippen molar-refractivity contribution in [2.45, 2.75) is 6.54 Å². The normalized spacial score (nSPS) is 10.2. The molecule has 0 N–H and O–H groups in total. The van der Waals surface area contributed by atoms with Crippen LogP contribution in [0.25, 0.3) is 0 Å². The molecule has 0 unspecified atom stereocenters. The van der Waals surface area contributed by atoms with Crippen molar-refractivity contribution < 1.29 is 4.92 Å². The number of hydrogen-bond acceptors (Lipinski definition) is 3. The summed E-state index contributed by atoms with van der Waals surface area (Å²) in [5.74, 6) is 0. The molecule has 0 radical (unpaired) electrons. The van der Waals surface area contributed by atoms with Gasteiger partial charge in [-0.25, -0.2) is 0 Å². The van der Waals surface area contributed by atoms with Crippen LogP contribution in [0.1, 0.15) is 5.56 Å². The van der Waals surface area contributed by atoms with Gasteiger partial charge in [0.1, 0.15) is 0 Å². The average molecular weight is 232 g/mol. The zero-order valence-electron chi connectivity index (χ0n) is 9.71. The number of rotatable bonds is 7. The maximum absolute atomic E-state index is 10.5. The largest absolute Gasteiger partial charge is 0.292 e. The van der Waals surface area contributed by atoms with E-state index in [2.05, 4.69) is 18.1 Å². The van der Waals surface area contributed by atoms with E-state index in [1.807, 2.05) is 12.2 Å². The lowest BCUT2D eigenvalue weighted by Gasteiger charge is -2.18. The Kier molecular flexibility index (Phi) is 5.10. The zero-order valence-corrected chi connectivity index (χ0v) is 9.71. The Morgan fingerprint density at radius 2 is 1.71 bits per heavy atom. The van der Waals surface area contributed by atoms with E-state index < -0.39 is 4.92 Å². The van der Waals surface area contributed by atoms with Gasteiger partial charge in [0.15, 0.2) is 0 Å². The van der Waals surface area contributed by atoms with Gasteiger partial charge < -0.3 is 0 Å². The van der Waals surface area contributed by atoms with Gasteiger partial charge in [-0.1, -0.05) is 24.3 Å². The second kappa shape index (κ2) is 6.60. The lowest BCUT2D eigenvalue weighted by atomic mass is 10.2. The maximum atomic E-state index is 10.5. The standard InChI is InChI=1S/C13H16N2O2/c1-3-9-14(10-4-2)11-12-5-7-13(8-6-12)15(16)17/h3-8H,1-2,9-11H2. The minimum Gasteiger partial charge on any atom is -0.292 e. The van der Waals surface area contributed by atoms with Gasteiger partial charge >= 0.3 is 0 Å². The number of hydrogen-bond donors (Lipinski definition) is 0. The summed E-state index contributed by atoms with van der Waals surface area (Å²) in [6, 6.07) is 6.60. The minimum absolute atomic E-state index is 0.118. The van der Waals surface area contributed by atoms with E-state index in [0.717, 1.165) is 25.2 Å². The molecule has 17 heavy (non-hydrogen) atoms. The number of non-ortho nitro benzene ring substituents is 1. The summed E-state index contributed by atoms with van der Waals surface area (Å²) in [6.07, 6.45) is 3.66. The average Bonchev–Trinajstić information content (AvgIpc) is 2.30. The molecule has 1 rings (SSSR count). The molecule has 0 saturated carbocycles. The second-order valence-electron chi connectivity index (χ2n) is 3.69. The van der Waals surface area contributed by atoms with Gasteiger partial charge in [-0.15, -0.1) is 13.2 Å². The molecule has 90 valence electrons. The Morgan fingerprint density at radius 3 is 2.12 bits per heavy atom. The fourth-order valence-corrected chi connectivity index (χ4v) is 1.55. The number of benzene rings is 1. The summed E-state index contributed by atoms with van der Waals surface area (Å²) in [7, 11) is 0. The van der Waals surface area contributed by atoms with Gasteiger partial charge in [-0.3, -0.25) is 15.0 Å². The van der Waals surface area contributed by atoms with E-state index in [9.17, 15) is 10.1 Å². The highest BCUT2D eigenvalue weighted by Crippen LogP contribution is 2.13. The molecule has 0 aromatic heterocycles. The number of nitro groups is 1. The van der Waals surface area contributed by atoms with Gasteiger partial charge in [-0.05, 0) is 5.56 Å². The van der Waals surface area contributed by atoms with E-state index in [-0.39, 0.29) is 5.69 Å². The Labute approximate surface area is 101 Å². The Bertz CT molecular complexity index is 388. The predicted octanol–water partition coefficient (Wildman–Crippen LogP) is 2.77. The van der Waals surface area contributed by atoms with Crippen molar-refractivity contribution in [2.75, 3.05) is 13.1 Å². The quantitative estimate of drug-likeness (QED) is 0.412. The molecule has 0 aliphatic carbocycles. The molecule has 0 heterocycles. The lowest BCUT2D eigenvalue weighted by molar-refractivity contribution is -0.384. The Morgan fingerprint density at radius 1 is 1.18 bits per heavy atom. The molecule has 1 aromatic carbocycles. The monoisotopic (exact) mass is 232 g/mol. The van der Waals surface area contributed by atoms with Crippen molar-refractivity contribution in [1.82, 2.24) is 4.90 Å². The zero-order chi connectivity index (χ0) is 12.7. The van der Waals surface area contributed by atoms with Crippen molar-refractivity contribution in [3.63, 3.8) is 0 Å². The first-order valence-corrected chi connectivity index (χ1v) is 5.35. The highest BCUT2D eigenvalue weighted by atomic mass is 16.6. The Hall–Kier alpha value is -1.94. The maximum Gasteiger partial charge on any atom is 0.269 e. The molecule has 4 heteroatoms. The smallest absolute Gasteiger partial charge is 0.269 e. The van der Waals surface area contributed by atoms with Crippen LogP contribution < -0.4 is 0 Å². The van der Waals surface area contributed by atoms with Gasteiger partial charge in [0, 0.05) is 31.8 Å². The molecule has 0 spiro atoms. The third-order valence-corrected chi connectivity index (χ3v) is 2.33. The van der Waals surface area contributed by atoms with Crippen molar-refractivity contribution in [3.8, 4) is 0 Å². The topological polar surface area (TPSA) is 46.4 Å². The van der Waals surface area contributed by atoms with Gasteiger partial charge in [0.25, 0.3) is 5.69 Å². The van der Waals surface area contributed by atoms with Crippen LogP contribution in [0.3, 0.4) is 0 Å². The number of nitrogens with zero attached hydrogens (tertiary/aromatic N) is 2. The molecule has 0 saturated heterocycles. The summed E-state index contributed by atoms with van der Waals surface area (Å²) in [4.78, 5) is 12.3. The molecule has 1 aromatic rings. The third-order valence-electron chi connectivity index (χ3n) is 2.33. The molecule has 4 nitrogen and oxygen atoms in total. The SMILES string of the molecule is C=CCN(CC=C)Cc1ccc([N+](=O)[O-])cc1. The fourth-order valence-electron chi connectivity index (χ4n) is 1.55. The van der Waals surface area contributed by atoms with Crippen molar-refractivity contribution in [2.24, 2.45) is 0 Å². The van der Waals surface area contributed by atoms with E-state index in [1.165, 1.54) is 12.1 Å². The van der Waals surface area contributed by atoms with E-state index in [1.54, 1.807) is 12.1 Å². The van der Waals surface area contributed by atoms with Gasteiger partial charge in [0.05, 0.1) is 4.92 Å². The van der Waals surface area contributed by atoms with Crippen molar-refractivity contribution >= 4 is 5.69 Å². The van der Waals surface area contributed by atoms with Crippen LogP contribution in [0.4, 0.5) is 5.69 Å². The third kappa shape index (κ3) is 4.20. The van der Waals surface area contributed by atoms with Gasteiger partial charge in [-0.2, -0.15) is 0 Å². The molecular weight excluding hydrogens is 216 g/mol. The summed E-state index contributed by atoms with van der Waals surface area (Å²) >= 11 is 0. The second-order valence-corrected chi connectivity index (χ2v) is 3.69. The molecular formula is C13H16N2O2. The first-order valence-electron chi connectivity index (χ1n) is 5.35. The van der Waals surface area contributed by atoms with E-state index >= 15 is 0 Å². The molecule has 0 fully saturated rings. The fraction of sp³-hybridized carbons (Fsp3) is 0.231. The molecule has 0 atom stereocenters. The van der Waals surface area contributed by atoms with Crippen molar-refractivity contribution in [1.29, 1.82) is 0 Å². The molecule has 0 aliphatic rings. The van der Waals surface area contributed by atoms with Crippen LogP contribution in [0.5, 0.6) is 0 Å². The molecule has 0 aliphatic heterocycles. The summed E-state index contributed by atoms with van der Waals surface area (Å²) < 4.78 is 0. The summed E-state index contributed by atoms with van der Waals surface area (Å²) in [6.45, 7) is 9.66. The van der Waals surface area contributed by atoms with Crippen LogP contribution in [-0.2, 0) is 6.54 Å². The molecule has 0 amide bonds. The predicted molar refractivity (Wildman–Crippen MR) is 68.8 cm³/mol. The van der Waals surface area contributed by atoms with Crippen LogP contribution in [0.2, 0.25) is 0 Å². The minimum atomic E-state index is -0.394.